The molecule has 9 heteroatoms. The van der Waals surface area contributed by atoms with Gasteiger partial charge in [0.1, 0.15) is 23.8 Å². The Hall–Kier alpha value is -4.18. The largest absolute Gasteiger partial charge is 0.497 e. The topological polar surface area (TPSA) is 112 Å². The number of nitrogens with one attached hydrogen (secondary N) is 1. The van der Waals surface area contributed by atoms with E-state index in [9.17, 15) is 14.7 Å². The van der Waals surface area contributed by atoms with Crippen LogP contribution in [0.15, 0.2) is 101 Å². The molecule has 4 aromatic rings. The lowest BCUT2D eigenvalue weighted by atomic mass is 9.80. The number of methoxy groups -OCH3 is 2. The second-order valence-corrected chi connectivity index (χ2v) is 8.94. The van der Waals surface area contributed by atoms with Crippen molar-refractivity contribution in [1.82, 2.24) is 9.55 Å². The van der Waals surface area contributed by atoms with E-state index < -0.39 is 22.8 Å². The molecule has 2 N–H and O–H groups in total. The SMILES string of the molecule is COc1ccc(C(OC[C@H](CO)COCn2ccc(=O)[nH]c2=O)(c2ccccc2)c2ccc(OC)cc2)cc1. The van der Waals surface area contributed by atoms with Crippen molar-refractivity contribution in [1.29, 1.82) is 0 Å². The summed E-state index contributed by atoms with van der Waals surface area (Å²) in [5.41, 5.74) is 0.573. The van der Waals surface area contributed by atoms with E-state index in [-0.39, 0.29) is 26.6 Å². The van der Waals surface area contributed by atoms with Crippen molar-refractivity contribution in [2.24, 2.45) is 5.92 Å². The smallest absolute Gasteiger partial charge is 0.330 e. The number of nitrogens with zero attached hydrogens (tertiary/aromatic N) is 1. The van der Waals surface area contributed by atoms with Crippen LogP contribution >= 0.6 is 0 Å². The predicted octanol–water partition coefficient (Wildman–Crippen LogP) is 3.15. The van der Waals surface area contributed by atoms with Gasteiger partial charge in [-0.05, 0) is 41.0 Å². The van der Waals surface area contributed by atoms with Crippen LogP contribution in [0.25, 0.3) is 0 Å². The molecule has 0 aliphatic rings. The zero-order chi connectivity index (χ0) is 27.7. The highest BCUT2D eigenvalue weighted by Crippen LogP contribution is 2.42. The van der Waals surface area contributed by atoms with E-state index >= 15 is 0 Å². The van der Waals surface area contributed by atoms with Crippen molar-refractivity contribution in [3.8, 4) is 11.5 Å². The van der Waals surface area contributed by atoms with Crippen LogP contribution in [0, 0.1) is 5.92 Å². The summed E-state index contributed by atoms with van der Waals surface area (Å²) in [4.78, 5) is 25.4. The van der Waals surface area contributed by atoms with Gasteiger partial charge in [0.25, 0.3) is 5.56 Å². The first-order valence-corrected chi connectivity index (χ1v) is 12.5. The van der Waals surface area contributed by atoms with E-state index in [1.807, 2.05) is 78.9 Å². The van der Waals surface area contributed by atoms with Crippen LogP contribution < -0.4 is 20.7 Å². The number of aliphatic hydroxyl groups excluding tert-OH is 1. The fraction of sp³-hybridized carbons (Fsp3) is 0.267. The van der Waals surface area contributed by atoms with E-state index in [0.717, 1.165) is 28.2 Å². The molecule has 9 nitrogen and oxygen atoms in total. The van der Waals surface area contributed by atoms with Gasteiger partial charge in [0.15, 0.2) is 0 Å². The van der Waals surface area contributed by atoms with Crippen LogP contribution in [0.3, 0.4) is 0 Å². The molecule has 0 spiro atoms. The van der Waals surface area contributed by atoms with E-state index in [0.29, 0.717) is 0 Å². The lowest BCUT2D eigenvalue weighted by molar-refractivity contribution is -0.0496. The predicted molar refractivity (Wildman–Crippen MR) is 146 cm³/mol. The molecule has 0 amide bonds. The summed E-state index contributed by atoms with van der Waals surface area (Å²) in [6.45, 7) is -0.00828. The second kappa shape index (κ2) is 13.1. The van der Waals surface area contributed by atoms with Crippen LogP contribution in [0.4, 0.5) is 0 Å². The maximum absolute atomic E-state index is 11.9. The maximum Gasteiger partial charge on any atom is 0.330 e. The molecule has 1 atom stereocenters. The Labute approximate surface area is 226 Å². The number of rotatable bonds is 13. The molecule has 0 radical (unpaired) electrons. The number of benzene rings is 3. The third kappa shape index (κ3) is 6.46. The van der Waals surface area contributed by atoms with Gasteiger partial charge >= 0.3 is 5.69 Å². The average Bonchev–Trinajstić information content (AvgIpc) is 2.98. The third-order valence-corrected chi connectivity index (χ3v) is 6.45. The zero-order valence-corrected chi connectivity index (χ0v) is 21.9. The number of hydrogen-bond donors (Lipinski definition) is 2. The number of hydrogen-bond acceptors (Lipinski definition) is 7. The van der Waals surface area contributed by atoms with Gasteiger partial charge in [0.05, 0.1) is 34.0 Å². The molecule has 0 saturated carbocycles. The Morgan fingerprint density at radius 2 is 1.36 bits per heavy atom. The summed E-state index contributed by atoms with van der Waals surface area (Å²) in [5, 5.41) is 10.2. The van der Waals surface area contributed by atoms with Crippen LogP contribution in [-0.4, -0.2) is 48.7 Å². The Morgan fingerprint density at radius 3 is 1.87 bits per heavy atom. The molecule has 0 bridgehead atoms. The fourth-order valence-electron chi connectivity index (χ4n) is 4.33. The van der Waals surface area contributed by atoms with Gasteiger partial charge in [0.2, 0.25) is 0 Å². The minimum Gasteiger partial charge on any atom is -0.497 e. The minimum atomic E-state index is -1.02. The molecular formula is C30H32N2O7. The van der Waals surface area contributed by atoms with Gasteiger partial charge in [-0.3, -0.25) is 14.3 Å². The Morgan fingerprint density at radius 1 is 0.795 bits per heavy atom. The lowest BCUT2D eigenvalue weighted by Gasteiger charge is -2.37. The fourth-order valence-corrected chi connectivity index (χ4v) is 4.33. The first-order valence-electron chi connectivity index (χ1n) is 12.5. The molecule has 0 aliphatic carbocycles. The van der Waals surface area contributed by atoms with Crippen molar-refractivity contribution in [2.45, 2.75) is 12.3 Å². The molecule has 1 heterocycles. The van der Waals surface area contributed by atoms with E-state index in [1.54, 1.807) is 14.2 Å². The summed E-state index contributed by atoms with van der Waals surface area (Å²) in [5.74, 6) is 1.03. The summed E-state index contributed by atoms with van der Waals surface area (Å²) in [7, 11) is 3.24. The number of ether oxygens (including phenoxy) is 4. The van der Waals surface area contributed by atoms with Gasteiger partial charge < -0.3 is 24.1 Å². The molecule has 204 valence electrons. The highest BCUT2D eigenvalue weighted by atomic mass is 16.5. The Kier molecular flexibility index (Phi) is 9.32. The number of aromatic nitrogens is 2. The zero-order valence-electron chi connectivity index (χ0n) is 21.9. The molecule has 4 rings (SSSR count). The van der Waals surface area contributed by atoms with Crippen LogP contribution in [-0.2, 0) is 21.8 Å². The van der Waals surface area contributed by atoms with Crippen LogP contribution in [0.1, 0.15) is 16.7 Å². The molecule has 0 saturated heterocycles. The van der Waals surface area contributed by atoms with Crippen molar-refractivity contribution in [3.05, 3.63) is 129 Å². The van der Waals surface area contributed by atoms with Gasteiger partial charge in [0, 0.05) is 18.2 Å². The number of aromatic amines is 1. The van der Waals surface area contributed by atoms with Gasteiger partial charge in [-0.15, -0.1) is 0 Å². The third-order valence-electron chi connectivity index (χ3n) is 6.45. The summed E-state index contributed by atoms with van der Waals surface area (Å²) in [6.07, 6.45) is 1.36. The number of aliphatic hydroxyl groups is 1. The van der Waals surface area contributed by atoms with Crippen LogP contribution in [0.2, 0.25) is 0 Å². The molecule has 0 unspecified atom stereocenters. The standard InChI is InChI=1S/C30H32N2O7/c1-36-26-12-8-24(9-13-26)30(23-6-4-3-5-7-23,25-10-14-27(37-2)15-11-25)39-20-22(18-33)19-38-21-32-17-16-28(34)31-29(32)35/h3-17,22,33H,18-21H2,1-2H3,(H,31,34,35)/t22-/m1/s1. The van der Waals surface area contributed by atoms with E-state index in [2.05, 4.69) is 4.98 Å². The number of H-pyrrole nitrogens is 1. The van der Waals surface area contributed by atoms with Crippen LogP contribution in [0.5, 0.6) is 11.5 Å². The second-order valence-electron chi connectivity index (χ2n) is 8.94. The summed E-state index contributed by atoms with van der Waals surface area (Å²) < 4.78 is 24.5. The normalized spacial score (nSPS) is 12.2. The lowest BCUT2D eigenvalue weighted by Crippen LogP contribution is -2.36. The average molecular weight is 533 g/mol. The monoisotopic (exact) mass is 532 g/mol. The summed E-state index contributed by atoms with van der Waals surface area (Å²) in [6, 6.07) is 26.5. The highest BCUT2D eigenvalue weighted by molar-refractivity contribution is 5.49. The van der Waals surface area contributed by atoms with Crippen molar-refractivity contribution < 1.29 is 24.1 Å². The van der Waals surface area contributed by atoms with E-state index in [4.69, 9.17) is 18.9 Å². The molecular weight excluding hydrogens is 500 g/mol. The van der Waals surface area contributed by atoms with Gasteiger partial charge in [-0.25, -0.2) is 4.79 Å². The molecule has 1 aromatic heterocycles. The van der Waals surface area contributed by atoms with E-state index in [1.165, 1.54) is 16.8 Å². The minimum absolute atomic E-state index is 0.0765. The van der Waals surface area contributed by atoms with Crippen molar-refractivity contribution >= 4 is 0 Å². The highest BCUT2D eigenvalue weighted by Gasteiger charge is 2.38. The maximum atomic E-state index is 11.9. The summed E-state index contributed by atoms with van der Waals surface area (Å²) >= 11 is 0. The van der Waals surface area contributed by atoms with Gasteiger partial charge in [-0.1, -0.05) is 54.6 Å². The van der Waals surface area contributed by atoms with Gasteiger partial charge in [-0.2, -0.15) is 0 Å². The first-order chi connectivity index (χ1) is 19.0. The Bertz CT molecular complexity index is 1380. The van der Waals surface area contributed by atoms with Crippen molar-refractivity contribution in [3.63, 3.8) is 0 Å². The molecule has 0 fully saturated rings. The Balaban J connectivity index is 1.66. The molecule has 39 heavy (non-hydrogen) atoms. The quantitative estimate of drug-likeness (QED) is 0.255. The van der Waals surface area contributed by atoms with Crippen molar-refractivity contribution in [2.75, 3.05) is 34.0 Å². The first kappa shape index (κ1) is 27.8. The molecule has 3 aromatic carbocycles. The molecule has 0 aliphatic heterocycles.